The molecule has 4 aromatic rings. The molecule has 2 aliphatic rings. The van der Waals surface area contributed by atoms with Crippen molar-refractivity contribution >= 4 is 17.6 Å². The molecule has 0 radical (unpaired) electrons. The Morgan fingerprint density at radius 1 is 0.886 bits per heavy atom. The van der Waals surface area contributed by atoms with Crippen molar-refractivity contribution in [3.05, 3.63) is 113 Å². The minimum absolute atomic E-state index is 0.0175. The standard InChI is InChI=1S/C28H19NO6/c1-33-19-10-6-16(7-11-19)26(31)29-17-8-12-22-24(14-17)34-25-15-18(30)9-13-23(25)28(22)21-5-3-2-4-20(21)27(32)35-28/h2-15,30H,1H3,(H,29,31). The van der Waals surface area contributed by atoms with E-state index in [9.17, 15) is 14.7 Å². The number of phenols is 1. The van der Waals surface area contributed by atoms with Gasteiger partial charge in [0.15, 0.2) is 5.60 Å². The highest BCUT2D eigenvalue weighted by atomic mass is 16.6. The number of amides is 1. The number of anilines is 1. The number of fused-ring (bicyclic) bond motifs is 6. The lowest BCUT2D eigenvalue weighted by atomic mass is 9.77. The number of hydrogen-bond acceptors (Lipinski definition) is 6. The van der Waals surface area contributed by atoms with Crippen molar-refractivity contribution in [3.8, 4) is 23.0 Å². The summed E-state index contributed by atoms with van der Waals surface area (Å²) in [5, 5.41) is 13.0. The van der Waals surface area contributed by atoms with E-state index in [4.69, 9.17) is 14.2 Å². The van der Waals surface area contributed by atoms with Crippen LogP contribution in [0.4, 0.5) is 5.69 Å². The van der Waals surface area contributed by atoms with Crippen LogP contribution in [0.25, 0.3) is 0 Å². The minimum Gasteiger partial charge on any atom is -0.508 e. The van der Waals surface area contributed by atoms with Crippen LogP contribution in [-0.4, -0.2) is 24.1 Å². The van der Waals surface area contributed by atoms with Gasteiger partial charge in [0.2, 0.25) is 0 Å². The molecule has 2 N–H and O–H groups in total. The molecule has 4 aromatic carbocycles. The fourth-order valence-electron chi connectivity index (χ4n) is 4.69. The highest BCUT2D eigenvalue weighted by Gasteiger charge is 2.53. The average molecular weight is 465 g/mol. The topological polar surface area (TPSA) is 94.1 Å². The van der Waals surface area contributed by atoms with Crippen LogP contribution in [-0.2, 0) is 10.3 Å². The van der Waals surface area contributed by atoms with Crippen molar-refractivity contribution < 1.29 is 28.9 Å². The Kier molecular flexibility index (Phi) is 4.54. The van der Waals surface area contributed by atoms with Crippen LogP contribution >= 0.6 is 0 Å². The first-order valence-electron chi connectivity index (χ1n) is 10.9. The predicted molar refractivity (Wildman–Crippen MR) is 127 cm³/mol. The molecule has 6 rings (SSSR count). The molecule has 0 aliphatic carbocycles. The van der Waals surface area contributed by atoms with Gasteiger partial charge >= 0.3 is 5.97 Å². The lowest BCUT2D eigenvalue weighted by Gasteiger charge is -2.36. The lowest BCUT2D eigenvalue weighted by molar-refractivity contribution is 0.0224. The summed E-state index contributed by atoms with van der Waals surface area (Å²) in [6.07, 6.45) is 0. The smallest absolute Gasteiger partial charge is 0.340 e. The van der Waals surface area contributed by atoms with Gasteiger partial charge < -0.3 is 24.6 Å². The number of benzene rings is 4. The number of nitrogens with one attached hydrogen (secondary N) is 1. The average Bonchev–Trinajstić information content (AvgIpc) is 3.16. The Morgan fingerprint density at radius 3 is 2.37 bits per heavy atom. The molecule has 0 saturated carbocycles. The molecule has 2 heterocycles. The molecule has 1 spiro atoms. The number of rotatable bonds is 3. The van der Waals surface area contributed by atoms with E-state index >= 15 is 0 Å². The number of carbonyl (C=O) groups excluding carboxylic acids is 2. The molecule has 0 saturated heterocycles. The van der Waals surface area contributed by atoms with Gasteiger partial charge in [-0.1, -0.05) is 18.2 Å². The number of methoxy groups -OCH3 is 1. The van der Waals surface area contributed by atoms with Gasteiger partial charge in [0.05, 0.1) is 12.7 Å². The first-order chi connectivity index (χ1) is 17.0. The van der Waals surface area contributed by atoms with Crippen molar-refractivity contribution in [2.45, 2.75) is 5.60 Å². The molecule has 7 heteroatoms. The van der Waals surface area contributed by atoms with Gasteiger partial charge in [-0.25, -0.2) is 4.79 Å². The van der Waals surface area contributed by atoms with Crippen LogP contribution in [0, 0.1) is 0 Å². The van der Waals surface area contributed by atoms with E-state index in [0.717, 1.165) is 0 Å². The van der Waals surface area contributed by atoms with Crippen molar-refractivity contribution in [2.75, 3.05) is 12.4 Å². The molecule has 0 fully saturated rings. The minimum atomic E-state index is -1.23. The number of hydrogen-bond donors (Lipinski definition) is 2. The molecule has 7 nitrogen and oxygen atoms in total. The third-order valence-corrected chi connectivity index (χ3v) is 6.31. The maximum atomic E-state index is 12.9. The second-order valence-corrected chi connectivity index (χ2v) is 8.29. The third-order valence-electron chi connectivity index (χ3n) is 6.31. The Morgan fingerprint density at radius 2 is 1.60 bits per heavy atom. The number of phenolic OH excluding ortho intramolecular Hbond substituents is 1. The fraction of sp³-hybridized carbons (Fsp3) is 0.0714. The summed E-state index contributed by atoms with van der Waals surface area (Å²) in [5.74, 6) is 0.699. The number of aromatic hydroxyl groups is 1. The van der Waals surface area contributed by atoms with Crippen molar-refractivity contribution in [3.63, 3.8) is 0 Å². The van der Waals surface area contributed by atoms with Gasteiger partial charge in [-0.05, 0) is 54.6 Å². The van der Waals surface area contributed by atoms with Gasteiger partial charge in [0, 0.05) is 40.1 Å². The summed E-state index contributed by atoms with van der Waals surface area (Å²) < 4.78 is 17.3. The highest BCUT2D eigenvalue weighted by molar-refractivity contribution is 6.04. The molecule has 35 heavy (non-hydrogen) atoms. The van der Waals surface area contributed by atoms with Gasteiger partial charge in [-0.2, -0.15) is 0 Å². The van der Waals surface area contributed by atoms with Crippen LogP contribution < -0.4 is 14.8 Å². The van der Waals surface area contributed by atoms with Gasteiger partial charge in [0.25, 0.3) is 5.91 Å². The van der Waals surface area contributed by atoms with Crippen LogP contribution in [0.5, 0.6) is 23.0 Å². The van der Waals surface area contributed by atoms with Gasteiger partial charge in [0.1, 0.15) is 23.0 Å². The fourth-order valence-corrected chi connectivity index (χ4v) is 4.69. The molecule has 172 valence electrons. The lowest BCUT2D eigenvalue weighted by Crippen LogP contribution is -2.33. The van der Waals surface area contributed by atoms with E-state index in [2.05, 4.69) is 5.32 Å². The quantitative estimate of drug-likeness (QED) is 0.403. The SMILES string of the molecule is COc1ccc(C(=O)Nc2ccc3c(c2)Oc2cc(O)ccc2C32OC(=O)c3ccccc32)cc1. The van der Waals surface area contributed by atoms with E-state index in [1.807, 2.05) is 12.1 Å². The number of ether oxygens (including phenoxy) is 3. The first-order valence-corrected chi connectivity index (χ1v) is 10.9. The summed E-state index contributed by atoms with van der Waals surface area (Å²) in [4.78, 5) is 25.6. The van der Waals surface area contributed by atoms with Crippen LogP contribution in [0.3, 0.4) is 0 Å². The Bertz CT molecular complexity index is 1510. The maximum Gasteiger partial charge on any atom is 0.340 e. The first kappa shape index (κ1) is 20.8. The molecule has 0 bridgehead atoms. The Balaban J connectivity index is 1.44. The second kappa shape index (κ2) is 7.63. The zero-order valence-corrected chi connectivity index (χ0v) is 18.6. The van der Waals surface area contributed by atoms with Gasteiger partial charge in [-0.15, -0.1) is 0 Å². The van der Waals surface area contributed by atoms with Crippen molar-refractivity contribution in [1.29, 1.82) is 0 Å². The van der Waals surface area contributed by atoms with Crippen LogP contribution in [0.2, 0.25) is 0 Å². The molecule has 1 atom stereocenters. The zero-order chi connectivity index (χ0) is 24.2. The number of carbonyl (C=O) groups is 2. The molecule has 1 unspecified atom stereocenters. The third kappa shape index (κ3) is 3.13. The van der Waals surface area contributed by atoms with Crippen molar-refractivity contribution in [1.82, 2.24) is 0 Å². The number of esters is 1. The Hall–Kier alpha value is -4.78. The molecular formula is C28H19NO6. The zero-order valence-electron chi connectivity index (χ0n) is 18.6. The van der Waals surface area contributed by atoms with Crippen molar-refractivity contribution in [2.24, 2.45) is 0 Å². The summed E-state index contributed by atoms with van der Waals surface area (Å²) in [6.45, 7) is 0. The summed E-state index contributed by atoms with van der Waals surface area (Å²) >= 11 is 0. The van der Waals surface area contributed by atoms with E-state index in [0.29, 0.717) is 50.8 Å². The van der Waals surface area contributed by atoms with Crippen LogP contribution in [0.1, 0.15) is 37.4 Å². The molecule has 0 aromatic heterocycles. The van der Waals surface area contributed by atoms with E-state index < -0.39 is 11.6 Å². The normalized spacial score (nSPS) is 17.0. The second-order valence-electron chi connectivity index (χ2n) is 8.29. The largest absolute Gasteiger partial charge is 0.508 e. The molecule has 1 amide bonds. The van der Waals surface area contributed by atoms with E-state index in [1.165, 1.54) is 12.1 Å². The van der Waals surface area contributed by atoms with Gasteiger partial charge in [-0.3, -0.25) is 4.79 Å². The van der Waals surface area contributed by atoms with Crippen LogP contribution in [0.15, 0.2) is 84.9 Å². The molecule has 2 aliphatic heterocycles. The Labute approximate surface area is 200 Å². The summed E-state index contributed by atoms with van der Waals surface area (Å²) in [5.41, 5.74) is 2.12. The molecular weight excluding hydrogens is 446 g/mol. The summed E-state index contributed by atoms with van der Waals surface area (Å²) in [7, 11) is 1.56. The van der Waals surface area contributed by atoms with E-state index in [-0.39, 0.29) is 11.7 Å². The summed E-state index contributed by atoms with van der Waals surface area (Å²) in [6, 6.07) is 23.9. The maximum absolute atomic E-state index is 12.9. The highest BCUT2D eigenvalue weighted by Crippen LogP contribution is 2.56. The monoisotopic (exact) mass is 465 g/mol. The predicted octanol–water partition coefficient (Wildman–Crippen LogP) is 5.22. The van der Waals surface area contributed by atoms with E-state index in [1.54, 1.807) is 67.8 Å².